The molecule has 0 amide bonds. The zero-order valence-electron chi connectivity index (χ0n) is 10.6. The van der Waals surface area contributed by atoms with Crippen molar-refractivity contribution in [2.75, 3.05) is 25.2 Å². The molecule has 0 aliphatic carbocycles. The van der Waals surface area contributed by atoms with Gasteiger partial charge in [-0.1, -0.05) is 13.8 Å². The molecule has 0 aromatic carbocycles. The van der Waals surface area contributed by atoms with Gasteiger partial charge < -0.3 is 9.47 Å². The largest absolute Gasteiger partial charge is 0.475 e. The fourth-order valence-corrected chi connectivity index (χ4v) is 1.16. The molecule has 0 atom stereocenters. The van der Waals surface area contributed by atoms with Gasteiger partial charge >= 0.3 is 0 Å². The monoisotopic (exact) mass is 240 g/mol. The quantitative estimate of drug-likeness (QED) is 0.422. The minimum atomic E-state index is 0.341. The van der Waals surface area contributed by atoms with Crippen molar-refractivity contribution < 1.29 is 9.47 Å². The average Bonchev–Trinajstić information content (AvgIpc) is 2.30. The van der Waals surface area contributed by atoms with Crippen molar-refractivity contribution in [1.82, 2.24) is 9.97 Å². The minimum absolute atomic E-state index is 0.341. The number of nitrogen functional groups attached to an aromatic ring is 1. The molecular weight excluding hydrogens is 220 g/mol. The number of nitrogens with one attached hydrogen (secondary N) is 1. The number of hydrogen-bond donors (Lipinski definition) is 2. The lowest BCUT2D eigenvalue weighted by molar-refractivity contribution is 0.0804. The van der Waals surface area contributed by atoms with E-state index in [9.17, 15) is 0 Å². The summed E-state index contributed by atoms with van der Waals surface area (Å²) < 4.78 is 10.9. The number of hydrogen-bond acceptors (Lipinski definition) is 6. The van der Waals surface area contributed by atoms with Crippen molar-refractivity contribution >= 4 is 5.95 Å². The summed E-state index contributed by atoms with van der Waals surface area (Å²) in [5, 5.41) is 0. The summed E-state index contributed by atoms with van der Waals surface area (Å²) in [5.41, 5.74) is 3.25. The lowest BCUT2D eigenvalue weighted by atomic mass is 10.2. The molecule has 1 rings (SSSR count). The van der Waals surface area contributed by atoms with Gasteiger partial charge in [-0.2, -0.15) is 4.98 Å². The van der Waals surface area contributed by atoms with Gasteiger partial charge in [0.2, 0.25) is 11.8 Å². The van der Waals surface area contributed by atoms with Crippen LogP contribution in [0.5, 0.6) is 5.88 Å². The molecule has 0 spiro atoms. The molecule has 0 saturated heterocycles. The van der Waals surface area contributed by atoms with Gasteiger partial charge in [0, 0.05) is 18.4 Å². The second kappa shape index (κ2) is 7.03. The second-order valence-corrected chi connectivity index (χ2v) is 4.14. The van der Waals surface area contributed by atoms with Crippen LogP contribution < -0.4 is 16.0 Å². The first-order valence-corrected chi connectivity index (χ1v) is 5.64. The molecule has 0 aliphatic heterocycles. The van der Waals surface area contributed by atoms with Crippen LogP contribution in [0.2, 0.25) is 0 Å². The molecular formula is C11H20N4O2. The maximum absolute atomic E-state index is 5.49. The smallest absolute Gasteiger partial charge is 0.240 e. The Labute approximate surface area is 102 Å². The summed E-state index contributed by atoms with van der Waals surface area (Å²) in [4.78, 5) is 8.07. The molecule has 0 aliphatic rings. The minimum Gasteiger partial charge on any atom is -0.475 e. The Morgan fingerprint density at radius 1 is 1.41 bits per heavy atom. The van der Waals surface area contributed by atoms with E-state index in [1.54, 1.807) is 6.20 Å². The number of anilines is 1. The highest BCUT2D eigenvalue weighted by Gasteiger charge is 2.04. The molecule has 0 fully saturated rings. The summed E-state index contributed by atoms with van der Waals surface area (Å²) >= 11 is 0. The lowest BCUT2D eigenvalue weighted by Gasteiger charge is -2.10. The number of nitrogens with zero attached hydrogens (tertiary/aromatic N) is 2. The van der Waals surface area contributed by atoms with Crippen molar-refractivity contribution in [3.63, 3.8) is 0 Å². The lowest BCUT2D eigenvalue weighted by Crippen LogP contribution is -2.14. The van der Waals surface area contributed by atoms with Gasteiger partial charge in [0.15, 0.2) is 0 Å². The number of aryl methyl sites for hydroxylation is 1. The van der Waals surface area contributed by atoms with E-state index in [-0.39, 0.29) is 0 Å². The predicted molar refractivity (Wildman–Crippen MR) is 65.7 cm³/mol. The number of ether oxygens (including phenoxy) is 2. The summed E-state index contributed by atoms with van der Waals surface area (Å²) in [6.45, 7) is 7.84. The molecule has 0 saturated carbocycles. The number of nitrogens with two attached hydrogens (primary N) is 1. The van der Waals surface area contributed by atoms with E-state index < -0.39 is 0 Å². The van der Waals surface area contributed by atoms with Crippen molar-refractivity contribution in [3.05, 3.63) is 11.8 Å². The van der Waals surface area contributed by atoms with E-state index in [4.69, 9.17) is 15.3 Å². The van der Waals surface area contributed by atoms with Crippen LogP contribution in [0.1, 0.15) is 19.4 Å². The molecule has 96 valence electrons. The van der Waals surface area contributed by atoms with E-state index in [0.717, 1.165) is 12.2 Å². The first kappa shape index (κ1) is 13.7. The van der Waals surface area contributed by atoms with E-state index >= 15 is 0 Å². The third kappa shape index (κ3) is 4.97. The van der Waals surface area contributed by atoms with Crippen molar-refractivity contribution in [2.45, 2.75) is 20.8 Å². The highest BCUT2D eigenvalue weighted by atomic mass is 16.5. The van der Waals surface area contributed by atoms with Crippen LogP contribution in [0.4, 0.5) is 5.95 Å². The zero-order chi connectivity index (χ0) is 12.7. The van der Waals surface area contributed by atoms with Crippen LogP contribution in [0, 0.1) is 12.8 Å². The summed E-state index contributed by atoms with van der Waals surface area (Å²) in [5.74, 6) is 6.62. The third-order valence-electron chi connectivity index (χ3n) is 1.97. The van der Waals surface area contributed by atoms with Crippen LogP contribution in [0.25, 0.3) is 0 Å². The molecule has 0 bridgehead atoms. The molecule has 6 heteroatoms. The molecule has 1 aromatic rings. The summed E-state index contributed by atoms with van der Waals surface area (Å²) in [6, 6.07) is 0. The normalized spacial score (nSPS) is 10.6. The van der Waals surface area contributed by atoms with E-state index in [1.165, 1.54) is 0 Å². The topological polar surface area (TPSA) is 82.3 Å². The van der Waals surface area contributed by atoms with Crippen LogP contribution in [-0.4, -0.2) is 29.8 Å². The molecule has 3 N–H and O–H groups in total. The van der Waals surface area contributed by atoms with Crippen LogP contribution in [-0.2, 0) is 4.74 Å². The highest BCUT2D eigenvalue weighted by Crippen LogP contribution is 2.14. The van der Waals surface area contributed by atoms with Gasteiger partial charge in [-0.3, -0.25) is 5.43 Å². The SMILES string of the molecule is Cc1cnc(NN)nc1OCCOCC(C)C. The third-order valence-corrected chi connectivity index (χ3v) is 1.97. The molecule has 1 heterocycles. The van der Waals surface area contributed by atoms with Crippen molar-refractivity contribution in [3.8, 4) is 5.88 Å². The molecule has 0 radical (unpaired) electrons. The van der Waals surface area contributed by atoms with E-state index in [0.29, 0.717) is 31.0 Å². The number of aromatic nitrogens is 2. The van der Waals surface area contributed by atoms with E-state index in [1.807, 2.05) is 6.92 Å². The Hall–Kier alpha value is -1.40. The van der Waals surface area contributed by atoms with Gasteiger partial charge in [0.1, 0.15) is 6.61 Å². The van der Waals surface area contributed by atoms with Gasteiger partial charge in [-0.15, -0.1) is 0 Å². The molecule has 0 unspecified atom stereocenters. The molecule has 6 nitrogen and oxygen atoms in total. The van der Waals surface area contributed by atoms with Gasteiger partial charge in [0.25, 0.3) is 0 Å². The summed E-state index contributed by atoms with van der Waals surface area (Å²) in [7, 11) is 0. The Bertz CT molecular complexity index is 344. The Balaban J connectivity index is 2.35. The summed E-state index contributed by atoms with van der Waals surface area (Å²) in [6.07, 6.45) is 1.66. The van der Waals surface area contributed by atoms with Crippen LogP contribution in [0.15, 0.2) is 6.20 Å². The van der Waals surface area contributed by atoms with E-state index in [2.05, 4.69) is 29.2 Å². The second-order valence-electron chi connectivity index (χ2n) is 4.14. The van der Waals surface area contributed by atoms with Gasteiger partial charge in [0.05, 0.1) is 6.61 Å². The van der Waals surface area contributed by atoms with Crippen molar-refractivity contribution in [1.29, 1.82) is 0 Å². The average molecular weight is 240 g/mol. The Morgan fingerprint density at radius 3 is 2.82 bits per heavy atom. The first-order valence-electron chi connectivity index (χ1n) is 5.64. The maximum atomic E-state index is 5.49. The Kier molecular flexibility index (Phi) is 5.65. The Morgan fingerprint density at radius 2 is 2.18 bits per heavy atom. The standard InChI is InChI=1S/C11H20N4O2/c1-8(2)7-16-4-5-17-10-9(3)6-13-11(14-10)15-12/h6,8H,4-5,7,12H2,1-3H3,(H,13,14,15). The van der Waals surface area contributed by atoms with Gasteiger partial charge in [-0.05, 0) is 12.8 Å². The van der Waals surface area contributed by atoms with Gasteiger partial charge in [-0.25, -0.2) is 10.8 Å². The number of hydrazine groups is 1. The van der Waals surface area contributed by atoms with Crippen molar-refractivity contribution in [2.24, 2.45) is 11.8 Å². The number of rotatable bonds is 7. The van der Waals surface area contributed by atoms with Crippen LogP contribution >= 0.6 is 0 Å². The highest BCUT2D eigenvalue weighted by molar-refractivity contribution is 5.31. The fourth-order valence-electron chi connectivity index (χ4n) is 1.16. The molecule has 1 aromatic heterocycles. The first-order chi connectivity index (χ1) is 8.13. The maximum Gasteiger partial charge on any atom is 0.240 e. The predicted octanol–water partition coefficient (Wildman–Crippen LogP) is 1.12. The fraction of sp³-hybridized carbons (Fsp3) is 0.636. The molecule has 17 heavy (non-hydrogen) atoms. The zero-order valence-corrected chi connectivity index (χ0v) is 10.6. The van der Waals surface area contributed by atoms with Crippen LogP contribution in [0.3, 0.4) is 0 Å².